The highest BCUT2D eigenvalue weighted by molar-refractivity contribution is 5.32. The van der Waals surface area contributed by atoms with Gasteiger partial charge in [0.2, 0.25) is 0 Å². The van der Waals surface area contributed by atoms with Crippen LogP contribution in [0.2, 0.25) is 0 Å². The zero-order valence-corrected chi connectivity index (χ0v) is 13.4. The number of nitrogens with zero attached hydrogens (tertiary/aromatic N) is 1. The quantitative estimate of drug-likeness (QED) is 0.912. The van der Waals surface area contributed by atoms with E-state index in [-0.39, 0.29) is 29.1 Å². The summed E-state index contributed by atoms with van der Waals surface area (Å²) in [5.74, 6) is -0.330. The molecule has 0 bridgehead atoms. The molecule has 3 heteroatoms. The van der Waals surface area contributed by atoms with Crippen molar-refractivity contribution in [3.05, 3.63) is 35.1 Å². The molecule has 0 spiro atoms. The van der Waals surface area contributed by atoms with E-state index in [1.807, 2.05) is 25.1 Å². The first-order chi connectivity index (χ1) is 9.87. The molecule has 0 aliphatic carbocycles. The van der Waals surface area contributed by atoms with Gasteiger partial charge in [-0.3, -0.25) is 0 Å². The van der Waals surface area contributed by atoms with Gasteiger partial charge in [0.15, 0.2) is 0 Å². The second-order valence-corrected chi connectivity index (χ2v) is 7.21. The van der Waals surface area contributed by atoms with Crippen molar-refractivity contribution in [3.8, 4) is 6.07 Å². The van der Waals surface area contributed by atoms with Crippen molar-refractivity contribution in [1.29, 1.82) is 5.26 Å². The molecule has 21 heavy (non-hydrogen) atoms. The lowest BCUT2D eigenvalue weighted by Gasteiger charge is -2.26. The van der Waals surface area contributed by atoms with E-state index in [1.54, 1.807) is 0 Å². The zero-order chi connectivity index (χ0) is 15.6. The smallest absolute Gasteiger partial charge is 0.129 e. The van der Waals surface area contributed by atoms with E-state index in [4.69, 9.17) is 0 Å². The van der Waals surface area contributed by atoms with Gasteiger partial charge in [-0.1, -0.05) is 45.9 Å². The summed E-state index contributed by atoms with van der Waals surface area (Å²) in [5.41, 5.74) is 1.60. The van der Waals surface area contributed by atoms with E-state index < -0.39 is 0 Å². The normalized spacial score (nSPS) is 25.8. The molecule has 1 N–H and O–H groups in total. The maximum Gasteiger partial charge on any atom is 0.129 e. The van der Waals surface area contributed by atoms with Crippen LogP contribution in [0.25, 0.3) is 0 Å². The Bertz CT molecular complexity index is 539. The molecule has 3 atom stereocenters. The van der Waals surface area contributed by atoms with E-state index >= 15 is 0 Å². The molecule has 3 unspecified atom stereocenters. The summed E-state index contributed by atoms with van der Waals surface area (Å²) in [6.07, 6.45) is 1.61. The second kappa shape index (κ2) is 6.15. The first kappa shape index (κ1) is 16.0. The van der Waals surface area contributed by atoms with Crippen LogP contribution < -0.4 is 5.32 Å². The summed E-state index contributed by atoms with van der Waals surface area (Å²) >= 11 is 0. The third kappa shape index (κ3) is 3.44. The van der Waals surface area contributed by atoms with Gasteiger partial charge in [-0.2, -0.15) is 5.26 Å². The predicted octanol–water partition coefficient (Wildman–Crippen LogP) is 4.02. The van der Waals surface area contributed by atoms with Crippen LogP contribution in [0.4, 0.5) is 4.39 Å². The van der Waals surface area contributed by atoms with Crippen LogP contribution in [0.5, 0.6) is 0 Å². The molecular weight excluding hydrogens is 263 g/mol. The Morgan fingerprint density at radius 3 is 2.67 bits per heavy atom. The van der Waals surface area contributed by atoms with Crippen molar-refractivity contribution >= 4 is 0 Å². The van der Waals surface area contributed by atoms with Crippen molar-refractivity contribution in [2.24, 2.45) is 11.3 Å². The molecule has 2 nitrogen and oxygen atoms in total. The lowest BCUT2D eigenvalue weighted by Crippen LogP contribution is -2.31. The Labute approximate surface area is 127 Å². The number of hydrogen-bond donors (Lipinski definition) is 1. The van der Waals surface area contributed by atoms with Crippen LogP contribution in [-0.2, 0) is 6.42 Å². The third-order valence-corrected chi connectivity index (χ3v) is 4.34. The maximum atomic E-state index is 14.6. The Hall–Kier alpha value is -1.40. The number of aryl methyl sites for hydroxylation is 1. The Kier molecular flexibility index (Phi) is 4.68. The van der Waals surface area contributed by atoms with Gasteiger partial charge in [-0.15, -0.1) is 0 Å². The fourth-order valence-corrected chi connectivity index (χ4v) is 3.31. The van der Waals surface area contributed by atoms with Gasteiger partial charge in [0.05, 0.1) is 12.0 Å². The molecule has 1 aliphatic heterocycles. The highest BCUT2D eigenvalue weighted by Gasteiger charge is 2.39. The van der Waals surface area contributed by atoms with E-state index in [0.717, 1.165) is 12.0 Å². The van der Waals surface area contributed by atoms with E-state index in [0.29, 0.717) is 18.5 Å². The number of nitrogens with one attached hydrogen (secondary N) is 1. The minimum atomic E-state index is -0.161. The second-order valence-electron chi connectivity index (χ2n) is 7.21. The molecule has 1 heterocycles. The van der Waals surface area contributed by atoms with Gasteiger partial charge in [-0.05, 0) is 29.4 Å². The number of nitriles is 1. The molecular formula is C18H25FN2. The summed E-state index contributed by atoms with van der Waals surface area (Å²) in [5, 5.41) is 13.0. The molecule has 0 amide bonds. The average Bonchev–Trinajstić information content (AvgIpc) is 2.79. The van der Waals surface area contributed by atoms with Gasteiger partial charge in [0.1, 0.15) is 5.82 Å². The number of rotatable bonds is 3. The first-order valence-electron chi connectivity index (χ1n) is 7.77. The van der Waals surface area contributed by atoms with Gasteiger partial charge < -0.3 is 5.32 Å². The van der Waals surface area contributed by atoms with Crippen molar-refractivity contribution in [2.45, 2.75) is 52.5 Å². The molecule has 1 aromatic carbocycles. The maximum absolute atomic E-state index is 14.6. The third-order valence-electron chi connectivity index (χ3n) is 4.34. The van der Waals surface area contributed by atoms with Crippen LogP contribution in [0.15, 0.2) is 18.2 Å². The Morgan fingerprint density at radius 2 is 2.10 bits per heavy atom. The van der Waals surface area contributed by atoms with Gasteiger partial charge >= 0.3 is 0 Å². The summed E-state index contributed by atoms with van der Waals surface area (Å²) in [6, 6.07) is 8.14. The van der Waals surface area contributed by atoms with Crippen LogP contribution >= 0.6 is 0 Å². The summed E-state index contributed by atoms with van der Waals surface area (Å²) in [7, 11) is 0. The fourth-order valence-electron chi connectivity index (χ4n) is 3.31. The number of halogens is 1. The summed E-state index contributed by atoms with van der Waals surface area (Å²) in [6.45, 7) is 9.17. The Morgan fingerprint density at radius 1 is 1.38 bits per heavy atom. The summed E-state index contributed by atoms with van der Waals surface area (Å²) in [4.78, 5) is 0. The van der Waals surface area contributed by atoms with Crippen LogP contribution in [0.1, 0.15) is 51.2 Å². The molecule has 114 valence electrons. The topological polar surface area (TPSA) is 35.8 Å². The van der Waals surface area contributed by atoms with Crippen molar-refractivity contribution in [2.75, 3.05) is 6.54 Å². The average molecular weight is 288 g/mol. The lowest BCUT2D eigenvalue weighted by atomic mass is 9.79. The number of benzene rings is 1. The highest BCUT2D eigenvalue weighted by atomic mass is 19.1. The van der Waals surface area contributed by atoms with Gasteiger partial charge in [0.25, 0.3) is 0 Å². The molecule has 2 rings (SSSR count). The van der Waals surface area contributed by atoms with Gasteiger partial charge in [-0.25, -0.2) is 4.39 Å². The van der Waals surface area contributed by atoms with E-state index in [1.165, 1.54) is 0 Å². The minimum absolute atomic E-state index is 0.0474. The molecule has 1 aliphatic rings. The summed E-state index contributed by atoms with van der Waals surface area (Å²) < 4.78 is 14.6. The minimum Gasteiger partial charge on any atom is -0.312 e. The molecule has 0 aromatic heterocycles. The molecule has 1 aromatic rings. The molecule has 1 saturated heterocycles. The Balaban J connectivity index is 2.28. The van der Waals surface area contributed by atoms with Gasteiger partial charge in [0, 0.05) is 18.5 Å². The van der Waals surface area contributed by atoms with Crippen LogP contribution in [0.3, 0.4) is 0 Å². The lowest BCUT2D eigenvalue weighted by molar-refractivity contribution is 0.304. The van der Waals surface area contributed by atoms with Crippen molar-refractivity contribution in [1.82, 2.24) is 5.32 Å². The molecule has 0 saturated carbocycles. The molecule has 1 fully saturated rings. The van der Waals surface area contributed by atoms with Crippen molar-refractivity contribution < 1.29 is 4.39 Å². The SMILES string of the molecule is CCc1cccc(C2CNC(CC(C)(C)C)C2C#N)c1F. The number of hydrogen-bond acceptors (Lipinski definition) is 2. The largest absolute Gasteiger partial charge is 0.312 e. The predicted molar refractivity (Wildman–Crippen MR) is 83.5 cm³/mol. The van der Waals surface area contributed by atoms with E-state index in [9.17, 15) is 9.65 Å². The fraction of sp³-hybridized carbons (Fsp3) is 0.611. The standard InChI is InChI=1S/C18H25FN2/c1-5-12-7-6-8-13(17(12)19)15-11-21-16(14(15)10-20)9-18(2,3)4/h6-8,14-16,21H,5,9,11H2,1-4H3. The monoisotopic (exact) mass is 288 g/mol. The van der Waals surface area contributed by atoms with Crippen molar-refractivity contribution in [3.63, 3.8) is 0 Å². The first-order valence-corrected chi connectivity index (χ1v) is 7.77. The van der Waals surface area contributed by atoms with Crippen LogP contribution in [0, 0.1) is 28.5 Å². The van der Waals surface area contributed by atoms with E-state index in [2.05, 4.69) is 32.2 Å². The molecule has 0 radical (unpaired) electrons. The zero-order valence-electron chi connectivity index (χ0n) is 13.4. The van der Waals surface area contributed by atoms with Crippen LogP contribution in [-0.4, -0.2) is 12.6 Å². The highest BCUT2D eigenvalue weighted by Crippen LogP contribution is 2.37.